The monoisotopic (exact) mass is 298 g/mol. The maximum absolute atomic E-state index is 12.2. The molecule has 0 saturated heterocycles. The van der Waals surface area contributed by atoms with Crippen LogP contribution in [-0.2, 0) is 6.54 Å². The normalized spacial score (nSPS) is 11.8. The van der Waals surface area contributed by atoms with Crippen molar-refractivity contribution in [2.75, 3.05) is 5.32 Å². The number of aromatic nitrogens is 2. The van der Waals surface area contributed by atoms with Crippen molar-refractivity contribution in [3.63, 3.8) is 0 Å². The van der Waals surface area contributed by atoms with Gasteiger partial charge in [-0.3, -0.25) is 4.79 Å². The molecule has 2 aromatic rings. The number of benzene rings is 1. The number of nitrogens with one attached hydrogen (secondary N) is 2. The minimum absolute atomic E-state index is 0.198. The van der Waals surface area contributed by atoms with Crippen molar-refractivity contribution in [2.24, 2.45) is 0 Å². The van der Waals surface area contributed by atoms with E-state index >= 15 is 0 Å². The maximum atomic E-state index is 12.2. The van der Waals surface area contributed by atoms with Crippen LogP contribution in [0.1, 0.15) is 41.9 Å². The Labute approximate surface area is 131 Å². The van der Waals surface area contributed by atoms with Gasteiger partial charge in [0, 0.05) is 18.8 Å². The molecular formula is C17H22N4O. The maximum Gasteiger partial charge on any atom is 0.270 e. The molecule has 5 heteroatoms. The summed E-state index contributed by atoms with van der Waals surface area (Å²) in [7, 11) is 0. The number of nitrogens with zero attached hydrogens (tertiary/aromatic N) is 2. The number of hydrogen-bond donors (Lipinski definition) is 2. The fourth-order valence-electron chi connectivity index (χ4n) is 1.97. The van der Waals surface area contributed by atoms with Crippen LogP contribution in [0.4, 0.5) is 5.95 Å². The molecule has 0 aliphatic heterocycles. The molecule has 0 aliphatic carbocycles. The first kappa shape index (κ1) is 15.9. The molecule has 1 aromatic carbocycles. The van der Waals surface area contributed by atoms with E-state index in [2.05, 4.69) is 33.6 Å². The molecule has 2 rings (SSSR count). The highest BCUT2D eigenvalue weighted by Crippen LogP contribution is 2.06. The summed E-state index contributed by atoms with van der Waals surface area (Å²) in [5.41, 5.74) is 2.61. The van der Waals surface area contributed by atoms with Gasteiger partial charge in [0.1, 0.15) is 5.69 Å². The summed E-state index contributed by atoms with van der Waals surface area (Å²) in [5, 5.41) is 6.05. The van der Waals surface area contributed by atoms with Crippen LogP contribution in [0.2, 0.25) is 0 Å². The van der Waals surface area contributed by atoms with Crippen LogP contribution in [0, 0.1) is 6.92 Å². The van der Waals surface area contributed by atoms with Crippen LogP contribution in [0.15, 0.2) is 36.5 Å². The van der Waals surface area contributed by atoms with Crippen molar-refractivity contribution in [2.45, 2.75) is 39.8 Å². The lowest BCUT2D eigenvalue weighted by Crippen LogP contribution is -2.25. The van der Waals surface area contributed by atoms with Gasteiger partial charge in [-0.15, -0.1) is 0 Å². The molecule has 1 amide bonds. The highest BCUT2D eigenvalue weighted by molar-refractivity contribution is 5.92. The SMILES string of the molecule is CCC(C)Nc1nccc(C(=O)NCc2cccc(C)c2)n1. The van der Waals surface area contributed by atoms with E-state index < -0.39 is 0 Å². The number of hydrogen-bond acceptors (Lipinski definition) is 4. The largest absolute Gasteiger partial charge is 0.352 e. The highest BCUT2D eigenvalue weighted by Gasteiger charge is 2.09. The molecule has 0 spiro atoms. The van der Waals surface area contributed by atoms with Crippen molar-refractivity contribution < 1.29 is 4.79 Å². The Balaban J connectivity index is 1.99. The third-order valence-electron chi connectivity index (χ3n) is 3.41. The molecular weight excluding hydrogens is 276 g/mol. The van der Waals surface area contributed by atoms with Gasteiger partial charge in [-0.25, -0.2) is 9.97 Å². The standard InChI is InChI=1S/C17H22N4O/c1-4-13(3)20-17-18-9-8-15(21-17)16(22)19-11-14-7-5-6-12(2)10-14/h5-10,13H,4,11H2,1-3H3,(H,19,22)(H,18,20,21). The lowest BCUT2D eigenvalue weighted by molar-refractivity contribution is 0.0946. The number of rotatable bonds is 6. The Kier molecular flexibility index (Phi) is 5.47. The molecule has 2 N–H and O–H groups in total. The molecule has 22 heavy (non-hydrogen) atoms. The molecule has 0 radical (unpaired) electrons. The molecule has 1 heterocycles. The first-order valence-electron chi connectivity index (χ1n) is 7.52. The second-order valence-electron chi connectivity index (χ2n) is 5.39. The fourth-order valence-corrected chi connectivity index (χ4v) is 1.97. The van der Waals surface area contributed by atoms with Gasteiger partial charge in [-0.1, -0.05) is 36.8 Å². The van der Waals surface area contributed by atoms with Crippen LogP contribution >= 0.6 is 0 Å². The van der Waals surface area contributed by atoms with Crippen LogP contribution < -0.4 is 10.6 Å². The smallest absolute Gasteiger partial charge is 0.270 e. The van der Waals surface area contributed by atoms with Gasteiger partial charge in [0.2, 0.25) is 5.95 Å². The quantitative estimate of drug-likeness (QED) is 0.860. The minimum atomic E-state index is -0.198. The van der Waals surface area contributed by atoms with E-state index in [0.29, 0.717) is 18.2 Å². The topological polar surface area (TPSA) is 66.9 Å². The predicted molar refractivity (Wildman–Crippen MR) is 87.8 cm³/mol. The van der Waals surface area contributed by atoms with Gasteiger partial charge in [-0.2, -0.15) is 0 Å². The van der Waals surface area contributed by atoms with Crippen molar-refractivity contribution in [3.8, 4) is 0 Å². The van der Waals surface area contributed by atoms with Gasteiger partial charge in [0.15, 0.2) is 0 Å². The Hall–Kier alpha value is -2.43. The van der Waals surface area contributed by atoms with Crippen molar-refractivity contribution in [3.05, 3.63) is 53.3 Å². The summed E-state index contributed by atoms with van der Waals surface area (Å²) in [5.74, 6) is 0.286. The second-order valence-corrected chi connectivity index (χ2v) is 5.39. The predicted octanol–water partition coefficient (Wildman–Crippen LogP) is 2.93. The molecule has 5 nitrogen and oxygen atoms in total. The molecule has 0 aliphatic rings. The van der Waals surface area contributed by atoms with Crippen LogP contribution in [-0.4, -0.2) is 21.9 Å². The third-order valence-corrected chi connectivity index (χ3v) is 3.41. The minimum Gasteiger partial charge on any atom is -0.352 e. The van der Waals surface area contributed by atoms with Crippen LogP contribution in [0.3, 0.4) is 0 Å². The van der Waals surface area contributed by atoms with E-state index in [-0.39, 0.29) is 11.9 Å². The molecule has 1 atom stereocenters. The van der Waals surface area contributed by atoms with Gasteiger partial charge >= 0.3 is 0 Å². The summed E-state index contributed by atoms with van der Waals surface area (Å²) in [4.78, 5) is 20.6. The van der Waals surface area contributed by atoms with Gasteiger partial charge in [-0.05, 0) is 31.9 Å². The highest BCUT2D eigenvalue weighted by atomic mass is 16.1. The van der Waals surface area contributed by atoms with E-state index in [4.69, 9.17) is 0 Å². The summed E-state index contributed by atoms with van der Waals surface area (Å²) in [6, 6.07) is 9.94. The number of carbonyl (C=O) groups excluding carboxylic acids is 1. The number of anilines is 1. The number of carbonyl (C=O) groups is 1. The summed E-state index contributed by atoms with van der Waals surface area (Å²) < 4.78 is 0. The van der Waals surface area contributed by atoms with Crippen LogP contribution in [0.5, 0.6) is 0 Å². The molecule has 1 aromatic heterocycles. The van der Waals surface area contributed by atoms with Crippen molar-refractivity contribution >= 4 is 11.9 Å². The second kappa shape index (κ2) is 7.54. The Bertz CT molecular complexity index is 642. The van der Waals surface area contributed by atoms with Gasteiger partial charge < -0.3 is 10.6 Å². The zero-order chi connectivity index (χ0) is 15.9. The lowest BCUT2D eigenvalue weighted by Gasteiger charge is -2.11. The Morgan fingerprint density at radius 2 is 2.14 bits per heavy atom. The average molecular weight is 298 g/mol. The molecule has 116 valence electrons. The summed E-state index contributed by atoms with van der Waals surface area (Å²) in [6.45, 7) is 6.64. The van der Waals surface area contributed by atoms with E-state index in [1.54, 1.807) is 12.3 Å². The van der Waals surface area contributed by atoms with E-state index in [9.17, 15) is 4.79 Å². The van der Waals surface area contributed by atoms with E-state index in [1.807, 2.05) is 32.0 Å². The van der Waals surface area contributed by atoms with E-state index in [1.165, 1.54) is 5.56 Å². The summed E-state index contributed by atoms with van der Waals surface area (Å²) in [6.07, 6.45) is 2.56. The first-order valence-corrected chi connectivity index (χ1v) is 7.52. The fraction of sp³-hybridized carbons (Fsp3) is 0.353. The molecule has 0 bridgehead atoms. The third kappa shape index (κ3) is 4.55. The van der Waals surface area contributed by atoms with Crippen molar-refractivity contribution in [1.82, 2.24) is 15.3 Å². The number of aryl methyl sites for hydroxylation is 1. The molecule has 0 fully saturated rings. The van der Waals surface area contributed by atoms with Gasteiger partial charge in [0.05, 0.1) is 0 Å². The van der Waals surface area contributed by atoms with Crippen molar-refractivity contribution in [1.29, 1.82) is 0 Å². The van der Waals surface area contributed by atoms with Gasteiger partial charge in [0.25, 0.3) is 5.91 Å². The Morgan fingerprint density at radius 3 is 2.86 bits per heavy atom. The van der Waals surface area contributed by atoms with Crippen LogP contribution in [0.25, 0.3) is 0 Å². The lowest BCUT2D eigenvalue weighted by atomic mass is 10.1. The van der Waals surface area contributed by atoms with E-state index in [0.717, 1.165) is 12.0 Å². The average Bonchev–Trinajstić information content (AvgIpc) is 2.53. The number of amides is 1. The summed E-state index contributed by atoms with van der Waals surface area (Å²) >= 11 is 0. The zero-order valence-corrected chi connectivity index (χ0v) is 13.3. The first-order chi connectivity index (χ1) is 10.6. The molecule has 1 unspecified atom stereocenters. The zero-order valence-electron chi connectivity index (χ0n) is 13.3. The molecule has 0 saturated carbocycles. The Morgan fingerprint density at radius 1 is 1.32 bits per heavy atom.